The number of nitrogens with one attached hydrogen (secondary N) is 2. The van der Waals surface area contributed by atoms with Gasteiger partial charge in [0, 0.05) is 11.3 Å². The fourth-order valence-electron chi connectivity index (χ4n) is 3.14. The molecule has 154 valence electrons. The van der Waals surface area contributed by atoms with E-state index in [2.05, 4.69) is 26.6 Å². The molecule has 0 aromatic heterocycles. The molecule has 30 heavy (non-hydrogen) atoms. The molecule has 0 saturated heterocycles. The third kappa shape index (κ3) is 5.26. The second-order valence-electron chi connectivity index (χ2n) is 7.20. The van der Waals surface area contributed by atoms with Crippen LogP contribution in [0.25, 0.3) is 0 Å². The Bertz CT molecular complexity index is 1100. The molecule has 0 aliphatic heterocycles. The molecule has 6 heteroatoms. The number of hydrogen-bond acceptors (Lipinski definition) is 3. The highest BCUT2D eigenvalue weighted by Crippen LogP contribution is 2.35. The van der Waals surface area contributed by atoms with Gasteiger partial charge in [-0.25, -0.2) is 0 Å². The molecule has 3 rings (SSSR count). The SMILES string of the molecule is Cc1ccc(Oc2c(C)cc(NC(=S)NC(=O)c3ccccc3C)cc2C)c(Br)c1. The largest absolute Gasteiger partial charge is 0.456 e. The highest BCUT2D eigenvalue weighted by molar-refractivity contribution is 9.10. The van der Waals surface area contributed by atoms with Crippen LogP contribution in [-0.2, 0) is 0 Å². The maximum atomic E-state index is 12.5. The molecule has 0 saturated carbocycles. The van der Waals surface area contributed by atoms with E-state index >= 15 is 0 Å². The zero-order chi connectivity index (χ0) is 21.8. The molecule has 0 fully saturated rings. The highest BCUT2D eigenvalue weighted by atomic mass is 79.9. The first-order chi connectivity index (χ1) is 14.2. The van der Waals surface area contributed by atoms with Crippen molar-refractivity contribution in [3.05, 3.63) is 86.9 Å². The van der Waals surface area contributed by atoms with Crippen LogP contribution in [0.1, 0.15) is 32.6 Å². The van der Waals surface area contributed by atoms with Crippen LogP contribution in [0.2, 0.25) is 0 Å². The molecule has 4 nitrogen and oxygen atoms in total. The van der Waals surface area contributed by atoms with E-state index in [-0.39, 0.29) is 11.0 Å². The Morgan fingerprint density at radius 2 is 1.60 bits per heavy atom. The molecule has 2 N–H and O–H groups in total. The average molecular weight is 483 g/mol. The van der Waals surface area contributed by atoms with Crippen LogP contribution in [0.5, 0.6) is 11.5 Å². The Labute approximate surface area is 190 Å². The maximum absolute atomic E-state index is 12.5. The number of aryl methyl sites for hydroxylation is 4. The third-order valence-electron chi connectivity index (χ3n) is 4.63. The molecule has 0 aliphatic carbocycles. The van der Waals surface area contributed by atoms with Crippen molar-refractivity contribution in [1.82, 2.24) is 5.32 Å². The van der Waals surface area contributed by atoms with Gasteiger partial charge in [0.25, 0.3) is 5.91 Å². The molecule has 1 amide bonds. The van der Waals surface area contributed by atoms with Crippen LogP contribution in [-0.4, -0.2) is 11.0 Å². The molecular weight excluding hydrogens is 460 g/mol. The van der Waals surface area contributed by atoms with E-state index in [9.17, 15) is 4.79 Å². The number of benzene rings is 3. The predicted molar refractivity (Wildman–Crippen MR) is 130 cm³/mol. The summed E-state index contributed by atoms with van der Waals surface area (Å²) in [5.41, 5.74) is 5.35. The van der Waals surface area contributed by atoms with E-state index in [0.29, 0.717) is 5.56 Å². The van der Waals surface area contributed by atoms with E-state index < -0.39 is 0 Å². The average Bonchev–Trinajstić information content (AvgIpc) is 2.66. The number of rotatable bonds is 4. The van der Waals surface area contributed by atoms with Crippen molar-refractivity contribution >= 4 is 44.9 Å². The van der Waals surface area contributed by atoms with Crippen molar-refractivity contribution in [1.29, 1.82) is 0 Å². The molecule has 0 spiro atoms. The van der Waals surface area contributed by atoms with Crippen LogP contribution in [0, 0.1) is 27.7 Å². The Hall–Kier alpha value is -2.70. The van der Waals surface area contributed by atoms with Gasteiger partial charge in [-0.3, -0.25) is 10.1 Å². The van der Waals surface area contributed by atoms with Crippen LogP contribution in [0.4, 0.5) is 5.69 Å². The monoisotopic (exact) mass is 482 g/mol. The topological polar surface area (TPSA) is 50.4 Å². The lowest BCUT2D eigenvalue weighted by atomic mass is 10.1. The fraction of sp³-hybridized carbons (Fsp3) is 0.167. The minimum atomic E-state index is -0.233. The molecular formula is C24H23BrN2O2S. The smallest absolute Gasteiger partial charge is 0.257 e. The number of ether oxygens (including phenoxy) is 1. The van der Waals surface area contributed by atoms with Gasteiger partial charge in [0.2, 0.25) is 0 Å². The van der Waals surface area contributed by atoms with Gasteiger partial charge in [0.15, 0.2) is 5.11 Å². The van der Waals surface area contributed by atoms with Gasteiger partial charge in [-0.05, 0) is 108 Å². The van der Waals surface area contributed by atoms with Gasteiger partial charge in [0.05, 0.1) is 4.47 Å². The van der Waals surface area contributed by atoms with Crippen molar-refractivity contribution in [3.63, 3.8) is 0 Å². The Balaban J connectivity index is 1.72. The highest BCUT2D eigenvalue weighted by Gasteiger charge is 2.13. The Kier molecular flexibility index (Phi) is 6.90. The van der Waals surface area contributed by atoms with E-state index in [4.69, 9.17) is 17.0 Å². The van der Waals surface area contributed by atoms with Gasteiger partial charge in [0.1, 0.15) is 11.5 Å². The maximum Gasteiger partial charge on any atom is 0.257 e. The summed E-state index contributed by atoms with van der Waals surface area (Å²) in [4.78, 5) is 12.5. The van der Waals surface area contributed by atoms with Crippen LogP contribution >= 0.6 is 28.1 Å². The van der Waals surface area contributed by atoms with Crippen LogP contribution in [0.3, 0.4) is 0 Å². The number of anilines is 1. The molecule has 0 heterocycles. The third-order valence-corrected chi connectivity index (χ3v) is 5.46. The molecule has 0 aliphatic rings. The first kappa shape index (κ1) is 22.0. The van der Waals surface area contributed by atoms with Gasteiger partial charge < -0.3 is 10.1 Å². The minimum absolute atomic E-state index is 0.233. The fourth-order valence-corrected chi connectivity index (χ4v) is 3.93. The second-order valence-corrected chi connectivity index (χ2v) is 8.46. The summed E-state index contributed by atoms with van der Waals surface area (Å²) in [5, 5.41) is 6.07. The first-order valence-electron chi connectivity index (χ1n) is 9.48. The molecule has 3 aromatic rings. The summed E-state index contributed by atoms with van der Waals surface area (Å²) in [6.07, 6.45) is 0. The van der Waals surface area contributed by atoms with E-state index in [1.807, 2.05) is 76.2 Å². The van der Waals surface area contributed by atoms with Crippen LogP contribution < -0.4 is 15.4 Å². The lowest BCUT2D eigenvalue weighted by Crippen LogP contribution is -2.34. The number of hydrogen-bond donors (Lipinski definition) is 2. The lowest BCUT2D eigenvalue weighted by molar-refractivity contribution is 0.0977. The number of carbonyl (C=O) groups is 1. The lowest BCUT2D eigenvalue weighted by Gasteiger charge is -2.16. The minimum Gasteiger partial charge on any atom is -0.456 e. The van der Waals surface area contributed by atoms with Crippen molar-refractivity contribution in [2.24, 2.45) is 0 Å². The summed E-state index contributed by atoms with van der Waals surface area (Å²) < 4.78 is 7.05. The van der Waals surface area contributed by atoms with Gasteiger partial charge in [-0.15, -0.1) is 0 Å². The standard InChI is InChI=1S/C24H23BrN2O2S/c1-14-9-10-21(20(25)11-14)29-22-16(3)12-18(13-17(22)4)26-24(30)27-23(28)19-8-6-5-7-15(19)2/h5-13H,1-4H3,(H2,26,27,28,30). The summed E-state index contributed by atoms with van der Waals surface area (Å²) in [5.74, 6) is 1.32. The van der Waals surface area contributed by atoms with E-state index in [0.717, 1.165) is 43.9 Å². The van der Waals surface area contributed by atoms with Gasteiger partial charge in [-0.1, -0.05) is 24.3 Å². The molecule has 0 unspecified atom stereocenters. The summed E-state index contributed by atoms with van der Waals surface area (Å²) in [6.45, 7) is 7.88. The zero-order valence-corrected chi connectivity index (χ0v) is 19.7. The van der Waals surface area contributed by atoms with E-state index in [1.165, 1.54) is 0 Å². The van der Waals surface area contributed by atoms with Gasteiger partial charge in [-0.2, -0.15) is 0 Å². The summed E-state index contributed by atoms with van der Waals surface area (Å²) >= 11 is 8.88. The molecule has 0 atom stereocenters. The van der Waals surface area contributed by atoms with Crippen molar-refractivity contribution in [2.75, 3.05) is 5.32 Å². The number of carbonyl (C=O) groups excluding carboxylic acids is 1. The number of halogens is 1. The number of thiocarbonyl (C=S) groups is 1. The van der Waals surface area contributed by atoms with E-state index in [1.54, 1.807) is 6.07 Å². The normalized spacial score (nSPS) is 10.4. The second kappa shape index (κ2) is 9.41. The first-order valence-corrected chi connectivity index (χ1v) is 10.7. The molecule has 3 aromatic carbocycles. The van der Waals surface area contributed by atoms with Gasteiger partial charge >= 0.3 is 0 Å². The quantitative estimate of drug-likeness (QED) is 0.411. The number of amides is 1. The van der Waals surface area contributed by atoms with Crippen molar-refractivity contribution in [2.45, 2.75) is 27.7 Å². The predicted octanol–water partition coefficient (Wildman–Crippen LogP) is 6.60. The molecule has 0 bridgehead atoms. The summed E-state index contributed by atoms with van der Waals surface area (Å²) in [7, 11) is 0. The summed E-state index contributed by atoms with van der Waals surface area (Å²) in [6, 6.07) is 17.2. The Morgan fingerprint density at radius 1 is 0.933 bits per heavy atom. The van der Waals surface area contributed by atoms with Crippen molar-refractivity contribution in [3.8, 4) is 11.5 Å². The van der Waals surface area contributed by atoms with Crippen LogP contribution in [0.15, 0.2) is 59.1 Å². The molecule has 0 radical (unpaired) electrons. The Morgan fingerprint density at radius 3 is 2.23 bits per heavy atom. The zero-order valence-electron chi connectivity index (χ0n) is 17.3. The van der Waals surface area contributed by atoms with Crippen molar-refractivity contribution < 1.29 is 9.53 Å².